The average molecular weight is 364 g/mol. The van der Waals surface area contributed by atoms with Gasteiger partial charge in [-0.1, -0.05) is 6.92 Å². The van der Waals surface area contributed by atoms with Crippen LogP contribution in [0.4, 0.5) is 0 Å². The first-order chi connectivity index (χ1) is 11.9. The second-order valence-corrected chi connectivity index (χ2v) is 7.86. The molecule has 5 atom stereocenters. The Bertz CT molecular complexity index is 711. The number of amides is 1. The minimum absolute atomic E-state index is 0.0352. The normalized spacial score (nSPS) is 32.3. The molecule has 134 valence electrons. The number of nitrogens with zero attached hydrogens (tertiary/aromatic N) is 3. The Balaban J connectivity index is 1.80. The van der Waals surface area contributed by atoms with E-state index in [0.717, 1.165) is 0 Å². The minimum atomic E-state index is -1.12. The zero-order valence-corrected chi connectivity index (χ0v) is 14.8. The molecule has 1 fully saturated rings. The van der Waals surface area contributed by atoms with Gasteiger partial charge in [0.15, 0.2) is 0 Å². The van der Waals surface area contributed by atoms with E-state index in [2.05, 4.69) is 10.3 Å². The lowest BCUT2D eigenvalue weighted by molar-refractivity contribution is -0.163. The first-order valence-corrected chi connectivity index (χ1v) is 9.04. The molecule has 3 aliphatic rings. The van der Waals surface area contributed by atoms with Gasteiger partial charge in [-0.3, -0.25) is 9.79 Å². The third-order valence-corrected chi connectivity index (χ3v) is 6.34. The lowest BCUT2D eigenvalue weighted by Crippen LogP contribution is -2.63. The fourth-order valence-electron chi connectivity index (χ4n) is 3.69. The van der Waals surface area contributed by atoms with Crippen molar-refractivity contribution in [2.45, 2.75) is 37.7 Å². The maximum atomic E-state index is 12.3. The van der Waals surface area contributed by atoms with E-state index in [4.69, 9.17) is 5.26 Å². The summed E-state index contributed by atoms with van der Waals surface area (Å²) in [5, 5.41) is 31.3. The molecule has 0 saturated carbocycles. The van der Waals surface area contributed by atoms with Gasteiger partial charge in [0, 0.05) is 22.6 Å². The molecule has 25 heavy (non-hydrogen) atoms. The maximum absolute atomic E-state index is 12.3. The van der Waals surface area contributed by atoms with Crippen molar-refractivity contribution in [1.29, 1.82) is 5.26 Å². The Hall–Kier alpha value is -2.05. The summed E-state index contributed by atoms with van der Waals surface area (Å²) in [6.45, 7) is 4.55. The second-order valence-electron chi connectivity index (χ2n) is 6.51. The summed E-state index contributed by atoms with van der Waals surface area (Å²) in [6.07, 6.45) is -0.567. The van der Waals surface area contributed by atoms with Gasteiger partial charge in [0.25, 0.3) is 0 Å². The summed E-state index contributed by atoms with van der Waals surface area (Å²) in [5.41, 5.74) is 0.0381. The topological polar surface area (TPSA) is 126 Å². The number of carboxylic acid groups (broad SMARTS) is 1. The molecule has 3 heterocycles. The van der Waals surface area contributed by atoms with Gasteiger partial charge in [-0.15, -0.1) is 11.8 Å². The number of aliphatic hydroxyl groups excluding tert-OH is 1. The summed E-state index contributed by atoms with van der Waals surface area (Å²) in [7, 11) is 0. The Morgan fingerprint density at radius 2 is 2.32 bits per heavy atom. The third kappa shape index (κ3) is 2.89. The van der Waals surface area contributed by atoms with Crippen molar-refractivity contribution in [3.05, 3.63) is 10.6 Å². The smallest absolute Gasteiger partial charge is 0.353 e. The monoisotopic (exact) mass is 364 g/mol. The molecule has 1 amide bonds. The van der Waals surface area contributed by atoms with Crippen LogP contribution in [-0.2, 0) is 9.59 Å². The second kappa shape index (κ2) is 6.69. The van der Waals surface area contributed by atoms with Crippen molar-refractivity contribution in [1.82, 2.24) is 10.2 Å². The Labute approximate surface area is 149 Å². The molecule has 0 bridgehead atoms. The first kappa shape index (κ1) is 17.8. The van der Waals surface area contributed by atoms with Gasteiger partial charge in [0.1, 0.15) is 11.5 Å². The van der Waals surface area contributed by atoms with Crippen LogP contribution in [0.3, 0.4) is 0 Å². The largest absolute Gasteiger partial charge is 0.477 e. The fourth-order valence-corrected chi connectivity index (χ4v) is 5.02. The number of aliphatic carboxylic acids is 1. The van der Waals surface area contributed by atoms with Gasteiger partial charge in [-0.05, 0) is 6.92 Å². The van der Waals surface area contributed by atoms with Crippen LogP contribution >= 0.6 is 11.8 Å². The molecular weight excluding hydrogens is 344 g/mol. The van der Waals surface area contributed by atoms with Crippen molar-refractivity contribution in [3.63, 3.8) is 0 Å². The van der Waals surface area contributed by atoms with Crippen LogP contribution in [-0.4, -0.2) is 63.3 Å². The van der Waals surface area contributed by atoms with Crippen molar-refractivity contribution in [2.24, 2.45) is 16.8 Å². The molecule has 3 aliphatic heterocycles. The predicted molar refractivity (Wildman–Crippen MR) is 91.5 cm³/mol. The molecule has 0 aromatic carbocycles. The third-order valence-electron chi connectivity index (χ3n) is 4.87. The molecule has 0 aliphatic carbocycles. The molecule has 0 radical (unpaired) electrons. The Morgan fingerprint density at radius 1 is 1.60 bits per heavy atom. The van der Waals surface area contributed by atoms with Crippen LogP contribution in [0.2, 0.25) is 0 Å². The van der Waals surface area contributed by atoms with E-state index >= 15 is 0 Å². The van der Waals surface area contributed by atoms with Crippen molar-refractivity contribution < 1.29 is 19.8 Å². The number of carbonyl (C=O) groups excluding carboxylic acids is 1. The number of rotatable bonds is 5. The van der Waals surface area contributed by atoms with Gasteiger partial charge in [-0.25, -0.2) is 4.79 Å². The fraction of sp³-hybridized carbons (Fsp3) is 0.625. The van der Waals surface area contributed by atoms with Crippen molar-refractivity contribution in [2.75, 3.05) is 13.1 Å². The summed E-state index contributed by atoms with van der Waals surface area (Å²) in [6, 6.07) is 1.74. The number of nitrogens with one attached hydrogen (secondary N) is 1. The first-order valence-electron chi connectivity index (χ1n) is 8.16. The van der Waals surface area contributed by atoms with Crippen LogP contribution in [0.25, 0.3) is 0 Å². The molecule has 3 rings (SSSR count). The number of fused-ring (bicyclic) bond motifs is 1. The summed E-state index contributed by atoms with van der Waals surface area (Å²) >= 11 is 1.43. The highest BCUT2D eigenvalue weighted by Gasteiger charge is 2.60. The van der Waals surface area contributed by atoms with Gasteiger partial charge in [-0.2, -0.15) is 5.26 Å². The number of carboxylic acids is 1. The van der Waals surface area contributed by atoms with E-state index in [1.54, 1.807) is 6.92 Å². The lowest BCUT2D eigenvalue weighted by atomic mass is 9.79. The SMILES string of the molecule is CC(O)C1C(=O)N2C(C(=O)O)=C(SC3CN=C(CC#N)NC3)C(C)[C@H]12. The minimum Gasteiger partial charge on any atom is -0.477 e. The zero-order valence-electron chi connectivity index (χ0n) is 14.0. The van der Waals surface area contributed by atoms with Crippen LogP contribution in [0.1, 0.15) is 20.3 Å². The van der Waals surface area contributed by atoms with E-state index < -0.39 is 18.0 Å². The van der Waals surface area contributed by atoms with Crippen LogP contribution < -0.4 is 5.32 Å². The molecular formula is C16H20N4O4S. The Kier molecular flexibility index (Phi) is 4.75. The van der Waals surface area contributed by atoms with Crippen LogP contribution in [0.15, 0.2) is 15.6 Å². The number of hydrogen-bond acceptors (Lipinski definition) is 7. The summed E-state index contributed by atoms with van der Waals surface area (Å²) in [5.74, 6) is -1.48. The summed E-state index contributed by atoms with van der Waals surface area (Å²) < 4.78 is 0. The van der Waals surface area contributed by atoms with Crippen LogP contribution in [0, 0.1) is 23.2 Å². The Morgan fingerprint density at radius 3 is 2.84 bits per heavy atom. The number of nitriles is 1. The van der Waals surface area contributed by atoms with E-state index in [0.29, 0.717) is 23.8 Å². The molecule has 0 spiro atoms. The van der Waals surface area contributed by atoms with Crippen molar-refractivity contribution >= 4 is 29.5 Å². The molecule has 1 saturated heterocycles. The quantitative estimate of drug-likeness (QED) is 0.593. The van der Waals surface area contributed by atoms with Crippen molar-refractivity contribution in [3.8, 4) is 6.07 Å². The van der Waals surface area contributed by atoms with Gasteiger partial charge >= 0.3 is 5.97 Å². The standard InChI is InChI=1S/C16H20N4O4S/c1-7-12-11(8(2)21)15(22)20(12)13(16(23)24)14(7)25-9-5-18-10(3-4-17)19-6-9/h7-9,11-12,21H,3,5-6H2,1-2H3,(H,18,19)(H,23,24)/t7?,8?,11?,12-/m1/s1. The zero-order chi connectivity index (χ0) is 18.3. The molecule has 3 N–H and O–H groups in total. The van der Waals surface area contributed by atoms with Gasteiger partial charge in [0.2, 0.25) is 5.91 Å². The van der Waals surface area contributed by atoms with Gasteiger partial charge < -0.3 is 20.4 Å². The molecule has 0 aromatic heterocycles. The molecule has 9 heteroatoms. The molecule has 8 nitrogen and oxygen atoms in total. The maximum Gasteiger partial charge on any atom is 0.353 e. The highest BCUT2D eigenvalue weighted by Crippen LogP contribution is 2.51. The highest BCUT2D eigenvalue weighted by atomic mass is 32.2. The lowest BCUT2D eigenvalue weighted by Gasteiger charge is -2.46. The molecule has 0 aromatic rings. The number of aliphatic imine (C=N–C) groups is 1. The highest BCUT2D eigenvalue weighted by molar-refractivity contribution is 8.03. The van der Waals surface area contributed by atoms with Gasteiger partial charge in [0.05, 0.1) is 37.1 Å². The molecule has 4 unspecified atom stereocenters. The van der Waals surface area contributed by atoms with E-state index in [9.17, 15) is 19.8 Å². The number of amidine groups is 1. The number of hydrogen-bond donors (Lipinski definition) is 3. The predicted octanol–water partition coefficient (Wildman–Crippen LogP) is 0.157. The van der Waals surface area contributed by atoms with Crippen LogP contribution in [0.5, 0.6) is 0 Å². The van der Waals surface area contributed by atoms with E-state index in [1.807, 2.05) is 13.0 Å². The van der Waals surface area contributed by atoms with E-state index in [1.165, 1.54) is 16.7 Å². The van der Waals surface area contributed by atoms with E-state index in [-0.39, 0.29) is 35.2 Å². The number of β-lactam (4-membered cyclic amide) rings is 1. The summed E-state index contributed by atoms with van der Waals surface area (Å²) in [4.78, 5) is 30.3. The number of carbonyl (C=O) groups is 2. The average Bonchev–Trinajstić information content (AvgIpc) is 2.79. The number of thioether (sulfide) groups is 1. The number of aliphatic hydroxyl groups is 1.